The smallest absolute Gasteiger partial charge is 0.274 e. The monoisotopic (exact) mass is 595 g/mol. The van der Waals surface area contributed by atoms with Crippen molar-refractivity contribution in [2.24, 2.45) is 11.7 Å². The Labute approximate surface area is 248 Å². The van der Waals surface area contributed by atoms with Crippen molar-refractivity contribution in [1.29, 1.82) is 0 Å². The summed E-state index contributed by atoms with van der Waals surface area (Å²) in [6.07, 6.45) is 0.923. The van der Waals surface area contributed by atoms with Gasteiger partial charge in [0.05, 0.1) is 12.6 Å². The lowest BCUT2D eigenvalue weighted by atomic mass is 10.0. The fourth-order valence-electron chi connectivity index (χ4n) is 4.67. The number of hydrogen-bond acceptors (Lipinski definition) is 9. The molecule has 2 atom stereocenters. The molecule has 12 nitrogen and oxygen atoms in total. The number of aromatic nitrogens is 2. The van der Waals surface area contributed by atoms with E-state index >= 15 is 0 Å². The Hall–Kier alpha value is -4.10. The molecule has 5 N–H and O–H groups in total. The van der Waals surface area contributed by atoms with E-state index in [9.17, 15) is 19.2 Å². The first-order valence-corrected chi connectivity index (χ1v) is 14.9. The van der Waals surface area contributed by atoms with Crippen LogP contribution < -0.4 is 21.7 Å². The molecule has 0 radical (unpaired) electrons. The van der Waals surface area contributed by atoms with Crippen LogP contribution >= 0.6 is 11.3 Å². The van der Waals surface area contributed by atoms with Gasteiger partial charge < -0.3 is 31.0 Å². The number of amides is 4. The number of nitrogens with zero attached hydrogens (tertiary/aromatic N) is 3. The predicted octanol–water partition coefficient (Wildman–Crippen LogP) is 2.28. The van der Waals surface area contributed by atoms with Crippen LogP contribution in [0.1, 0.15) is 82.0 Å². The van der Waals surface area contributed by atoms with Crippen LogP contribution in [0.3, 0.4) is 0 Å². The summed E-state index contributed by atoms with van der Waals surface area (Å²) in [6, 6.07) is 8.50. The molecule has 224 valence electrons. The van der Waals surface area contributed by atoms with Gasteiger partial charge >= 0.3 is 0 Å². The van der Waals surface area contributed by atoms with Crippen molar-refractivity contribution in [2.75, 3.05) is 26.2 Å². The van der Waals surface area contributed by atoms with Crippen molar-refractivity contribution in [3.63, 3.8) is 0 Å². The topological polar surface area (TPSA) is 173 Å². The summed E-state index contributed by atoms with van der Waals surface area (Å²) in [5, 5.41) is 11.0. The Bertz CT molecular complexity index is 1400. The molecule has 13 heteroatoms. The van der Waals surface area contributed by atoms with Gasteiger partial charge in [0.25, 0.3) is 11.8 Å². The van der Waals surface area contributed by atoms with E-state index in [-0.39, 0.29) is 67.0 Å². The number of nitrogens with one attached hydrogen (secondary N) is 3. The van der Waals surface area contributed by atoms with E-state index in [1.165, 1.54) is 16.2 Å². The molecule has 0 fully saturated rings. The SMILES string of the molecule is Cc1oc2nc1C(=O)NC(C(C)C)c1nc(cs1)C(=O)NCCN(C(=O)CN)CCCC(=O)N[C@H]2Cc1ccccc1. The zero-order valence-electron chi connectivity index (χ0n) is 24.0. The summed E-state index contributed by atoms with van der Waals surface area (Å²) >= 11 is 1.28. The number of carbonyl (C=O) groups is 4. The first-order chi connectivity index (χ1) is 20.2. The molecule has 4 amide bonds. The van der Waals surface area contributed by atoms with Gasteiger partial charge in [0.1, 0.15) is 22.5 Å². The number of oxazole rings is 1. The van der Waals surface area contributed by atoms with Gasteiger partial charge in [0.2, 0.25) is 17.7 Å². The lowest BCUT2D eigenvalue weighted by Gasteiger charge is -2.22. The second-order valence-electron chi connectivity index (χ2n) is 10.5. The number of benzene rings is 1. The highest BCUT2D eigenvalue weighted by Crippen LogP contribution is 2.27. The molecule has 2 aromatic heterocycles. The third-order valence-electron chi connectivity index (χ3n) is 6.94. The summed E-state index contributed by atoms with van der Waals surface area (Å²) in [6.45, 7) is 6.09. The lowest BCUT2D eigenvalue weighted by Crippen LogP contribution is -2.42. The molecule has 4 rings (SSSR count). The molecule has 42 heavy (non-hydrogen) atoms. The fourth-order valence-corrected chi connectivity index (χ4v) is 5.69. The number of rotatable bonds is 4. The Kier molecular flexibility index (Phi) is 10.4. The Morgan fingerprint density at radius 1 is 1.12 bits per heavy atom. The quantitative estimate of drug-likeness (QED) is 0.356. The van der Waals surface area contributed by atoms with Crippen LogP contribution in [-0.2, 0) is 16.0 Å². The molecule has 1 aliphatic heterocycles. The van der Waals surface area contributed by atoms with Gasteiger partial charge in [0, 0.05) is 37.9 Å². The van der Waals surface area contributed by atoms with Crippen molar-refractivity contribution >= 4 is 35.0 Å². The van der Waals surface area contributed by atoms with E-state index in [1.54, 1.807) is 12.3 Å². The maximum Gasteiger partial charge on any atom is 0.274 e. The van der Waals surface area contributed by atoms with Crippen LogP contribution in [0.15, 0.2) is 40.1 Å². The second-order valence-corrected chi connectivity index (χ2v) is 11.4. The van der Waals surface area contributed by atoms with Gasteiger partial charge in [-0.25, -0.2) is 9.97 Å². The van der Waals surface area contributed by atoms with Gasteiger partial charge in [-0.15, -0.1) is 11.3 Å². The molecule has 0 saturated heterocycles. The molecule has 1 aromatic carbocycles. The van der Waals surface area contributed by atoms with E-state index in [4.69, 9.17) is 10.2 Å². The first-order valence-electron chi connectivity index (χ1n) is 14.0. The van der Waals surface area contributed by atoms with Gasteiger partial charge in [-0.1, -0.05) is 44.2 Å². The summed E-state index contributed by atoms with van der Waals surface area (Å²) in [4.78, 5) is 62.2. The highest BCUT2D eigenvalue weighted by Gasteiger charge is 2.29. The standard InChI is InChI=1S/C29H37N7O5S/c1-17(2)24-29-33-21(16-42-29)26(39)31-11-13-36(23(38)15-30)12-7-10-22(37)32-20(14-19-8-5-4-6-9-19)28-35-25(18(3)41-28)27(40)34-24/h4-6,8-9,16-17,20,24H,7,10-15,30H2,1-3H3,(H,31,39)(H,32,37)(H,34,40)/t20-,24?/m0/s1. The van der Waals surface area contributed by atoms with Crippen LogP contribution in [0, 0.1) is 12.8 Å². The van der Waals surface area contributed by atoms with E-state index < -0.39 is 18.0 Å². The average Bonchev–Trinajstić information content (AvgIpc) is 3.61. The molecule has 0 aliphatic carbocycles. The molecule has 3 heterocycles. The molecule has 0 spiro atoms. The summed E-state index contributed by atoms with van der Waals surface area (Å²) < 4.78 is 5.95. The van der Waals surface area contributed by atoms with Crippen molar-refractivity contribution in [3.8, 4) is 0 Å². The van der Waals surface area contributed by atoms with Crippen LogP contribution in [0.25, 0.3) is 0 Å². The number of thiazole rings is 1. The molecular formula is C29H37N7O5S. The maximum absolute atomic E-state index is 13.4. The number of carbonyl (C=O) groups excluding carboxylic acids is 4. The van der Waals surface area contributed by atoms with Crippen molar-refractivity contribution in [2.45, 2.75) is 52.1 Å². The minimum absolute atomic E-state index is 0.0403. The van der Waals surface area contributed by atoms with Gasteiger partial charge in [-0.2, -0.15) is 0 Å². The predicted molar refractivity (Wildman–Crippen MR) is 157 cm³/mol. The van der Waals surface area contributed by atoms with Crippen LogP contribution in [-0.4, -0.2) is 64.7 Å². The van der Waals surface area contributed by atoms with Crippen LogP contribution in [0.5, 0.6) is 0 Å². The average molecular weight is 596 g/mol. The Morgan fingerprint density at radius 3 is 2.60 bits per heavy atom. The molecule has 1 unspecified atom stereocenters. The third-order valence-corrected chi connectivity index (χ3v) is 7.87. The minimum atomic E-state index is -0.620. The highest BCUT2D eigenvalue weighted by molar-refractivity contribution is 7.09. The minimum Gasteiger partial charge on any atom is -0.443 e. The van der Waals surface area contributed by atoms with E-state index in [2.05, 4.69) is 25.9 Å². The molecule has 0 saturated carbocycles. The van der Waals surface area contributed by atoms with Gasteiger partial charge in [-0.05, 0) is 24.8 Å². The Balaban J connectivity index is 1.66. The zero-order valence-corrected chi connectivity index (χ0v) is 24.8. The van der Waals surface area contributed by atoms with Gasteiger partial charge in [-0.3, -0.25) is 19.2 Å². The summed E-state index contributed by atoms with van der Waals surface area (Å²) in [5.74, 6) is -0.853. The van der Waals surface area contributed by atoms with Gasteiger partial charge in [0.15, 0.2) is 5.69 Å². The zero-order chi connectivity index (χ0) is 30.2. The molecular weight excluding hydrogens is 558 g/mol. The van der Waals surface area contributed by atoms with Crippen molar-refractivity contribution < 1.29 is 23.6 Å². The first kappa shape index (κ1) is 30.8. The summed E-state index contributed by atoms with van der Waals surface area (Å²) in [5.41, 5.74) is 6.90. The molecule has 3 aromatic rings. The Morgan fingerprint density at radius 2 is 1.88 bits per heavy atom. The summed E-state index contributed by atoms with van der Waals surface area (Å²) in [7, 11) is 0. The van der Waals surface area contributed by atoms with E-state index in [1.807, 2.05) is 44.2 Å². The van der Waals surface area contributed by atoms with Crippen LogP contribution in [0.2, 0.25) is 0 Å². The maximum atomic E-state index is 13.4. The number of fused-ring (bicyclic) bond motifs is 4. The van der Waals surface area contributed by atoms with Crippen molar-refractivity contribution in [1.82, 2.24) is 30.8 Å². The number of aryl methyl sites for hydroxylation is 1. The normalized spacial score (nSPS) is 19.2. The van der Waals surface area contributed by atoms with Crippen LogP contribution in [0.4, 0.5) is 0 Å². The number of nitrogens with two attached hydrogens (primary N) is 1. The molecule has 4 bridgehead atoms. The molecule has 1 aliphatic rings. The lowest BCUT2D eigenvalue weighted by molar-refractivity contribution is -0.130. The van der Waals surface area contributed by atoms with Crippen molar-refractivity contribution in [3.05, 3.63) is 69.3 Å². The third kappa shape index (κ3) is 7.79. The van der Waals surface area contributed by atoms with E-state index in [0.717, 1.165) is 5.56 Å². The van der Waals surface area contributed by atoms with E-state index in [0.29, 0.717) is 30.2 Å². The number of hydrogen-bond donors (Lipinski definition) is 4. The largest absolute Gasteiger partial charge is 0.443 e. The highest BCUT2D eigenvalue weighted by atomic mass is 32.1. The fraction of sp³-hybridized carbons (Fsp3) is 0.448. The second kappa shape index (κ2) is 14.2.